The Morgan fingerprint density at radius 3 is 2.52 bits per heavy atom. The maximum Gasteiger partial charge on any atom is 0.325 e. The molecule has 6 nitrogen and oxygen atoms in total. The molecule has 4 N–H and O–H groups in total. The summed E-state index contributed by atoms with van der Waals surface area (Å²) in [6.45, 7) is 4.55. The number of phenols is 1. The molecule has 2 aromatic carbocycles. The van der Waals surface area contributed by atoms with E-state index in [0.29, 0.717) is 35.3 Å². The van der Waals surface area contributed by atoms with Crippen LogP contribution in [-0.2, 0) is 16.0 Å². The van der Waals surface area contributed by atoms with Crippen molar-refractivity contribution >= 4 is 34.9 Å². The summed E-state index contributed by atoms with van der Waals surface area (Å²) < 4.78 is 4.87. The molecule has 2 rings (SSSR count). The van der Waals surface area contributed by atoms with Crippen LogP contribution in [-0.4, -0.2) is 41.9 Å². The molecule has 0 spiro atoms. The summed E-state index contributed by atoms with van der Waals surface area (Å²) in [5, 5.41) is 27.0. The van der Waals surface area contributed by atoms with E-state index in [9.17, 15) is 15.0 Å². The Morgan fingerprint density at radius 1 is 1.17 bits per heavy atom. The first-order valence-corrected chi connectivity index (χ1v) is 10.1. The van der Waals surface area contributed by atoms with Gasteiger partial charge in [-0.25, -0.2) is 0 Å². The van der Waals surface area contributed by atoms with E-state index in [4.69, 9.17) is 27.9 Å². The summed E-state index contributed by atoms with van der Waals surface area (Å²) in [7, 11) is 0. The Balaban J connectivity index is 1.89. The number of hydrogen-bond acceptors (Lipinski definition) is 6. The first-order chi connectivity index (χ1) is 13.8. The first-order valence-electron chi connectivity index (χ1n) is 9.39. The Morgan fingerprint density at radius 2 is 1.86 bits per heavy atom. The van der Waals surface area contributed by atoms with E-state index >= 15 is 0 Å². The van der Waals surface area contributed by atoms with Crippen LogP contribution in [0.15, 0.2) is 36.4 Å². The average Bonchev–Trinajstić information content (AvgIpc) is 2.69. The van der Waals surface area contributed by atoms with Crippen LogP contribution in [0.2, 0.25) is 10.0 Å². The van der Waals surface area contributed by atoms with Crippen LogP contribution in [0.25, 0.3) is 0 Å². The molecule has 0 radical (unpaired) electrons. The second-order valence-corrected chi connectivity index (χ2v) is 7.43. The van der Waals surface area contributed by atoms with Gasteiger partial charge in [0.1, 0.15) is 12.3 Å². The quantitative estimate of drug-likeness (QED) is 0.418. The fraction of sp³-hybridized carbons (Fsp3) is 0.381. The lowest BCUT2D eigenvalue weighted by Crippen LogP contribution is -2.33. The highest BCUT2D eigenvalue weighted by molar-refractivity contribution is 6.35. The number of carbonyl (C=O) groups is 1. The molecule has 0 aliphatic rings. The summed E-state index contributed by atoms with van der Waals surface area (Å²) in [5.74, 6) is -0.206. The number of aliphatic hydroxyl groups is 1. The minimum atomic E-state index is -0.705. The predicted octanol–water partition coefficient (Wildman–Crippen LogP) is 3.93. The molecule has 0 amide bonds. The molecule has 0 bridgehead atoms. The molecule has 2 aromatic rings. The van der Waals surface area contributed by atoms with E-state index in [1.165, 1.54) is 0 Å². The van der Waals surface area contributed by atoms with Crippen molar-refractivity contribution in [3.8, 4) is 5.75 Å². The molecule has 8 heteroatoms. The first kappa shape index (κ1) is 23.3. The zero-order valence-electron chi connectivity index (χ0n) is 16.4. The Kier molecular flexibility index (Phi) is 9.04. The van der Waals surface area contributed by atoms with E-state index in [2.05, 4.69) is 10.6 Å². The lowest BCUT2D eigenvalue weighted by atomic mass is 10.0. The maximum atomic E-state index is 11.5. The van der Waals surface area contributed by atoms with Gasteiger partial charge in [-0.1, -0.05) is 35.3 Å². The Labute approximate surface area is 180 Å². The molecule has 0 saturated carbocycles. The maximum absolute atomic E-state index is 11.5. The summed E-state index contributed by atoms with van der Waals surface area (Å²) in [5.41, 5.74) is 2.15. The highest BCUT2D eigenvalue weighted by Gasteiger charge is 2.16. The van der Waals surface area contributed by atoms with Crippen molar-refractivity contribution in [2.24, 2.45) is 0 Å². The highest BCUT2D eigenvalue weighted by atomic mass is 35.5. The number of aliphatic hydroxyl groups excluding tert-OH is 1. The Bertz CT molecular complexity index is 815. The van der Waals surface area contributed by atoms with E-state index in [1.54, 1.807) is 43.3 Å². The molecule has 158 valence electrons. The Hall–Kier alpha value is -1.99. The lowest BCUT2D eigenvalue weighted by Gasteiger charge is -2.21. The van der Waals surface area contributed by atoms with Crippen LogP contribution >= 0.6 is 23.2 Å². The second-order valence-electron chi connectivity index (χ2n) is 6.61. The third kappa shape index (κ3) is 7.08. The number of nitrogens with one attached hydrogen (secondary N) is 2. The van der Waals surface area contributed by atoms with Crippen LogP contribution in [0.4, 0.5) is 5.69 Å². The second kappa shape index (κ2) is 11.3. The van der Waals surface area contributed by atoms with Crippen molar-refractivity contribution in [2.45, 2.75) is 32.4 Å². The molecule has 0 heterocycles. The van der Waals surface area contributed by atoms with Gasteiger partial charge < -0.3 is 25.6 Å². The fourth-order valence-electron chi connectivity index (χ4n) is 2.80. The van der Waals surface area contributed by atoms with Gasteiger partial charge in [0.15, 0.2) is 0 Å². The number of aromatic hydroxyl groups is 1. The summed E-state index contributed by atoms with van der Waals surface area (Å²) in [4.78, 5) is 11.5. The molecule has 0 unspecified atom stereocenters. The topological polar surface area (TPSA) is 90.8 Å². The smallest absolute Gasteiger partial charge is 0.325 e. The number of hydrogen-bond donors (Lipinski definition) is 4. The minimum Gasteiger partial charge on any atom is -0.508 e. The van der Waals surface area contributed by atoms with Crippen molar-refractivity contribution in [3.05, 3.63) is 57.6 Å². The van der Waals surface area contributed by atoms with Crippen molar-refractivity contribution in [2.75, 3.05) is 25.0 Å². The van der Waals surface area contributed by atoms with Gasteiger partial charge in [0.25, 0.3) is 0 Å². The molecule has 0 fully saturated rings. The number of esters is 1. The number of phenolic OH excluding ortho intramolecular Hbond substituents is 1. The number of carbonyl (C=O) groups excluding carboxylic acids is 1. The molecule has 2 atom stereocenters. The van der Waals surface area contributed by atoms with Crippen LogP contribution in [0.1, 0.15) is 31.1 Å². The van der Waals surface area contributed by atoms with E-state index < -0.39 is 6.10 Å². The molecule has 0 saturated heterocycles. The van der Waals surface area contributed by atoms with Crippen molar-refractivity contribution < 1.29 is 19.7 Å². The molecule has 0 aliphatic carbocycles. The van der Waals surface area contributed by atoms with Gasteiger partial charge in [-0.15, -0.1) is 0 Å². The number of halogens is 2. The van der Waals surface area contributed by atoms with Crippen LogP contribution in [0, 0.1) is 0 Å². The van der Waals surface area contributed by atoms with E-state index in [1.807, 2.05) is 6.92 Å². The van der Waals surface area contributed by atoms with Gasteiger partial charge in [0.2, 0.25) is 0 Å². The third-order valence-corrected chi connectivity index (χ3v) is 5.10. The van der Waals surface area contributed by atoms with E-state index in [-0.39, 0.29) is 24.3 Å². The van der Waals surface area contributed by atoms with Gasteiger partial charge >= 0.3 is 5.97 Å². The number of benzene rings is 2. The van der Waals surface area contributed by atoms with Gasteiger partial charge in [0, 0.05) is 11.1 Å². The molecule has 0 aliphatic heterocycles. The highest BCUT2D eigenvalue weighted by Crippen LogP contribution is 2.29. The average molecular weight is 441 g/mol. The molecular weight excluding hydrogens is 415 g/mol. The van der Waals surface area contributed by atoms with Crippen LogP contribution in [0.3, 0.4) is 0 Å². The summed E-state index contributed by atoms with van der Waals surface area (Å²) in [6.07, 6.45) is -0.0901. The van der Waals surface area contributed by atoms with Crippen molar-refractivity contribution in [1.82, 2.24) is 5.32 Å². The van der Waals surface area contributed by atoms with Crippen LogP contribution in [0.5, 0.6) is 5.75 Å². The largest absolute Gasteiger partial charge is 0.508 e. The molecule has 29 heavy (non-hydrogen) atoms. The standard InChI is InChI=1S/C21H26Cl2N2O4/c1-3-29-20(27)12-25-19-11-17(22)15(10-18(19)23)8-9-24-13(2)21(28)14-4-6-16(26)7-5-14/h4-7,10-11,13,21,24-26,28H,3,8-9,12H2,1-2H3/t13-,21-/m0/s1. The van der Waals surface area contributed by atoms with Crippen LogP contribution < -0.4 is 10.6 Å². The third-order valence-electron chi connectivity index (χ3n) is 4.43. The van der Waals surface area contributed by atoms with Gasteiger partial charge in [-0.3, -0.25) is 4.79 Å². The van der Waals surface area contributed by atoms with Crippen molar-refractivity contribution in [3.63, 3.8) is 0 Å². The van der Waals surface area contributed by atoms with E-state index in [0.717, 1.165) is 11.1 Å². The number of ether oxygens (including phenoxy) is 1. The normalized spacial score (nSPS) is 13.0. The monoisotopic (exact) mass is 440 g/mol. The van der Waals surface area contributed by atoms with Gasteiger partial charge in [-0.2, -0.15) is 0 Å². The summed E-state index contributed by atoms with van der Waals surface area (Å²) >= 11 is 12.6. The minimum absolute atomic E-state index is 0.0114. The zero-order chi connectivity index (χ0) is 21.4. The fourth-order valence-corrected chi connectivity index (χ4v) is 3.31. The summed E-state index contributed by atoms with van der Waals surface area (Å²) in [6, 6.07) is 9.73. The van der Waals surface area contributed by atoms with Gasteiger partial charge in [-0.05, 0) is 62.2 Å². The molecule has 0 aromatic heterocycles. The van der Waals surface area contributed by atoms with Gasteiger partial charge in [0.05, 0.1) is 23.4 Å². The number of anilines is 1. The number of rotatable bonds is 10. The molecular formula is C21H26Cl2N2O4. The lowest BCUT2D eigenvalue weighted by molar-refractivity contribution is -0.140. The predicted molar refractivity (Wildman–Crippen MR) is 116 cm³/mol. The SMILES string of the molecule is CCOC(=O)CNc1cc(Cl)c(CCN[C@@H](C)[C@H](O)c2ccc(O)cc2)cc1Cl. The van der Waals surface area contributed by atoms with Crippen molar-refractivity contribution in [1.29, 1.82) is 0 Å². The zero-order valence-corrected chi connectivity index (χ0v) is 17.9.